The van der Waals surface area contributed by atoms with Gasteiger partial charge in [-0.15, -0.1) is 0 Å². The molecule has 2 aromatic rings. The van der Waals surface area contributed by atoms with Gasteiger partial charge >= 0.3 is 5.97 Å². The molecule has 1 atom stereocenters. The molecule has 2 rings (SSSR count). The second-order valence-electron chi connectivity index (χ2n) is 7.09. The highest BCUT2D eigenvalue weighted by molar-refractivity contribution is 5.94. The topological polar surface area (TPSA) is 64.6 Å². The lowest BCUT2D eigenvalue weighted by Crippen LogP contribution is -2.30. The van der Waals surface area contributed by atoms with Crippen LogP contribution in [0.4, 0.5) is 5.69 Å². The van der Waals surface area contributed by atoms with Gasteiger partial charge < -0.3 is 14.8 Å². The van der Waals surface area contributed by atoms with Crippen molar-refractivity contribution in [1.82, 2.24) is 0 Å². The Morgan fingerprint density at radius 2 is 1.54 bits per heavy atom. The monoisotopic (exact) mass is 355 g/mol. The lowest BCUT2D eigenvalue weighted by Gasteiger charge is -2.19. The second kappa shape index (κ2) is 8.04. The largest absolute Gasteiger partial charge is 0.481 e. The molecule has 2 aromatic carbocycles. The zero-order chi connectivity index (χ0) is 19.3. The number of carbonyl (C=O) groups excluding carboxylic acids is 2. The highest BCUT2D eigenvalue weighted by Gasteiger charge is 2.17. The van der Waals surface area contributed by atoms with Gasteiger partial charge in [-0.25, -0.2) is 4.79 Å². The maximum atomic E-state index is 12.3. The average Bonchev–Trinajstić information content (AvgIpc) is 2.61. The summed E-state index contributed by atoms with van der Waals surface area (Å²) < 4.78 is 10.3. The maximum Gasteiger partial charge on any atom is 0.337 e. The van der Waals surface area contributed by atoms with E-state index in [1.165, 1.54) is 12.7 Å². The Morgan fingerprint density at radius 3 is 2.04 bits per heavy atom. The summed E-state index contributed by atoms with van der Waals surface area (Å²) in [5, 5.41) is 2.84. The minimum atomic E-state index is -0.679. The van der Waals surface area contributed by atoms with Crippen LogP contribution in [0.3, 0.4) is 0 Å². The van der Waals surface area contributed by atoms with Crippen LogP contribution < -0.4 is 10.1 Å². The molecule has 5 nitrogen and oxygen atoms in total. The van der Waals surface area contributed by atoms with E-state index < -0.39 is 12.1 Å². The summed E-state index contributed by atoms with van der Waals surface area (Å²) in [4.78, 5) is 23.7. The predicted octanol–water partition coefficient (Wildman–Crippen LogP) is 4.18. The molecule has 5 heteroatoms. The number of methoxy groups -OCH3 is 1. The molecule has 0 radical (unpaired) electrons. The van der Waals surface area contributed by atoms with E-state index in [0.717, 1.165) is 5.69 Å². The van der Waals surface area contributed by atoms with E-state index in [2.05, 4.69) is 30.8 Å². The van der Waals surface area contributed by atoms with Crippen molar-refractivity contribution in [3.05, 3.63) is 59.7 Å². The molecule has 0 bridgehead atoms. The van der Waals surface area contributed by atoms with Crippen LogP contribution in [-0.2, 0) is 14.9 Å². The van der Waals surface area contributed by atoms with Crippen LogP contribution in [0.5, 0.6) is 5.75 Å². The number of nitrogens with one attached hydrogen (secondary N) is 1. The number of esters is 1. The lowest BCUT2D eigenvalue weighted by atomic mass is 9.87. The van der Waals surface area contributed by atoms with E-state index in [-0.39, 0.29) is 11.3 Å². The molecule has 1 amide bonds. The van der Waals surface area contributed by atoms with Crippen molar-refractivity contribution >= 4 is 17.6 Å². The van der Waals surface area contributed by atoms with Crippen LogP contribution in [0.1, 0.15) is 43.6 Å². The first-order valence-electron chi connectivity index (χ1n) is 8.47. The number of ether oxygens (including phenoxy) is 2. The van der Waals surface area contributed by atoms with E-state index in [1.807, 2.05) is 24.3 Å². The number of carbonyl (C=O) groups is 2. The Morgan fingerprint density at radius 1 is 0.962 bits per heavy atom. The smallest absolute Gasteiger partial charge is 0.337 e. The molecule has 1 unspecified atom stereocenters. The molecule has 0 saturated heterocycles. The van der Waals surface area contributed by atoms with Crippen molar-refractivity contribution in [2.24, 2.45) is 0 Å². The molecule has 26 heavy (non-hydrogen) atoms. The van der Waals surface area contributed by atoms with Gasteiger partial charge in [-0.05, 0) is 54.3 Å². The Labute approximate surface area is 154 Å². The van der Waals surface area contributed by atoms with Gasteiger partial charge in [-0.3, -0.25) is 4.79 Å². The first kappa shape index (κ1) is 19.5. The molecule has 1 N–H and O–H groups in total. The Hall–Kier alpha value is -2.82. The molecule has 0 heterocycles. The normalized spacial score (nSPS) is 12.2. The van der Waals surface area contributed by atoms with Crippen molar-refractivity contribution in [3.63, 3.8) is 0 Å². The van der Waals surface area contributed by atoms with Crippen LogP contribution >= 0.6 is 0 Å². The van der Waals surface area contributed by atoms with E-state index in [1.54, 1.807) is 31.2 Å². The summed E-state index contributed by atoms with van der Waals surface area (Å²) in [6.45, 7) is 8.10. The number of rotatable bonds is 5. The van der Waals surface area contributed by atoms with Gasteiger partial charge in [0.15, 0.2) is 6.10 Å². The minimum Gasteiger partial charge on any atom is -0.481 e. The number of hydrogen-bond acceptors (Lipinski definition) is 4. The molecule has 138 valence electrons. The molecule has 0 saturated carbocycles. The number of benzene rings is 2. The van der Waals surface area contributed by atoms with Gasteiger partial charge in [-0.1, -0.05) is 32.9 Å². The summed E-state index contributed by atoms with van der Waals surface area (Å²) in [6.07, 6.45) is -0.679. The third kappa shape index (κ3) is 5.09. The van der Waals surface area contributed by atoms with E-state index in [9.17, 15) is 9.59 Å². The molecular formula is C21H25NO4. The fraction of sp³-hybridized carbons (Fsp3) is 0.333. The fourth-order valence-electron chi connectivity index (χ4n) is 2.34. The first-order chi connectivity index (χ1) is 12.2. The van der Waals surface area contributed by atoms with Gasteiger partial charge in [0.2, 0.25) is 0 Å². The van der Waals surface area contributed by atoms with Crippen molar-refractivity contribution in [2.75, 3.05) is 12.4 Å². The maximum absolute atomic E-state index is 12.3. The Kier molecular flexibility index (Phi) is 6.03. The molecule has 0 aliphatic heterocycles. The molecular weight excluding hydrogens is 330 g/mol. The summed E-state index contributed by atoms with van der Waals surface area (Å²) >= 11 is 0. The molecule has 0 aliphatic carbocycles. The highest BCUT2D eigenvalue weighted by atomic mass is 16.5. The van der Waals surface area contributed by atoms with Crippen LogP contribution in [0, 0.1) is 0 Å². The van der Waals surface area contributed by atoms with Crippen LogP contribution in [0.2, 0.25) is 0 Å². The van der Waals surface area contributed by atoms with Gasteiger partial charge in [0.25, 0.3) is 5.91 Å². The third-order valence-corrected chi connectivity index (χ3v) is 3.98. The second-order valence-corrected chi connectivity index (χ2v) is 7.09. The summed E-state index contributed by atoms with van der Waals surface area (Å²) in [7, 11) is 1.33. The standard InChI is InChI=1S/C21H25NO4/c1-14(26-18-12-6-15(7-13-18)20(24)25-5)19(23)22-17-10-8-16(9-11-17)21(2,3)4/h6-14H,1-5H3,(H,22,23). The SMILES string of the molecule is COC(=O)c1ccc(OC(C)C(=O)Nc2ccc(C(C)(C)C)cc2)cc1. The first-order valence-corrected chi connectivity index (χ1v) is 8.47. The fourth-order valence-corrected chi connectivity index (χ4v) is 2.34. The van der Waals surface area contributed by atoms with Crippen LogP contribution in [0.25, 0.3) is 0 Å². The minimum absolute atomic E-state index is 0.0648. The molecule has 0 fully saturated rings. The van der Waals surface area contributed by atoms with Crippen LogP contribution in [0.15, 0.2) is 48.5 Å². The predicted molar refractivity (Wildman–Crippen MR) is 102 cm³/mol. The Balaban J connectivity index is 1.96. The van der Waals surface area contributed by atoms with Crippen molar-refractivity contribution < 1.29 is 19.1 Å². The van der Waals surface area contributed by atoms with E-state index in [0.29, 0.717) is 11.3 Å². The summed E-state index contributed by atoms with van der Waals surface area (Å²) in [5.74, 6) is -0.157. The molecule has 0 spiro atoms. The Bertz CT molecular complexity index is 758. The number of amides is 1. The number of anilines is 1. The summed E-state index contributed by atoms with van der Waals surface area (Å²) in [5.41, 5.74) is 2.41. The highest BCUT2D eigenvalue weighted by Crippen LogP contribution is 2.23. The average molecular weight is 355 g/mol. The van der Waals surface area contributed by atoms with Gasteiger partial charge in [0.1, 0.15) is 5.75 Å². The quantitative estimate of drug-likeness (QED) is 0.817. The zero-order valence-corrected chi connectivity index (χ0v) is 15.8. The van der Waals surface area contributed by atoms with Crippen molar-refractivity contribution in [1.29, 1.82) is 0 Å². The third-order valence-electron chi connectivity index (χ3n) is 3.98. The van der Waals surface area contributed by atoms with Crippen molar-refractivity contribution in [3.8, 4) is 5.75 Å². The van der Waals surface area contributed by atoms with Crippen molar-refractivity contribution in [2.45, 2.75) is 39.2 Å². The number of hydrogen-bond donors (Lipinski definition) is 1. The molecule has 0 aliphatic rings. The van der Waals surface area contributed by atoms with Gasteiger partial charge in [0.05, 0.1) is 12.7 Å². The van der Waals surface area contributed by atoms with E-state index >= 15 is 0 Å². The molecule has 0 aromatic heterocycles. The van der Waals surface area contributed by atoms with E-state index in [4.69, 9.17) is 4.74 Å². The van der Waals surface area contributed by atoms with Crippen LogP contribution in [-0.4, -0.2) is 25.1 Å². The van der Waals surface area contributed by atoms with Gasteiger partial charge in [0, 0.05) is 5.69 Å². The summed E-state index contributed by atoms with van der Waals surface area (Å²) in [6, 6.07) is 14.2. The van der Waals surface area contributed by atoms with Gasteiger partial charge in [-0.2, -0.15) is 0 Å². The zero-order valence-electron chi connectivity index (χ0n) is 15.8. The lowest BCUT2D eigenvalue weighted by molar-refractivity contribution is -0.122.